The van der Waals surface area contributed by atoms with Crippen LogP contribution in [0.25, 0.3) is 0 Å². The average Bonchev–Trinajstić information content (AvgIpc) is 2.24. The van der Waals surface area contributed by atoms with Crippen LogP contribution in [-0.4, -0.2) is 0 Å². The van der Waals surface area contributed by atoms with Crippen molar-refractivity contribution in [1.29, 1.82) is 0 Å². The molecule has 0 spiro atoms. The Morgan fingerprint density at radius 2 is 1.73 bits per heavy atom. The maximum absolute atomic E-state index is 12.9. The zero-order chi connectivity index (χ0) is 10.7. The molecule has 0 atom stereocenters. The molecule has 0 aromatic heterocycles. The van der Waals surface area contributed by atoms with Crippen molar-refractivity contribution in [1.82, 2.24) is 0 Å². The fraction of sp³-hybridized carbons (Fsp3) is 0. The molecule has 0 saturated heterocycles. The summed E-state index contributed by atoms with van der Waals surface area (Å²) in [4.78, 5) is 2.25. The van der Waals surface area contributed by atoms with Crippen LogP contribution in [-0.2, 0) is 0 Å². The first-order chi connectivity index (χ1) is 7.25. The van der Waals surface area contributed by atoms with Gasteiger partial charge in [0.25, 0.3) is 0 Å². The largest absolute Gasteiger partial charge is 0.207 e. The monoisotopic (exact) mass is 330 g/mol. The van der Waals surface area contributed by atoms with E-state index in [9.17, 15) is 4.39 Å². The Morgan fingerprint density at radius 3 is 2.40 bits per heavy atom. The predicted octanol–water partition coefficient (Wildman–Crippen LogP) is 4.58. The van der Waals surface area contributed by atoms with Crippen molar-refractivity contribution >= 4 is 34.4 Å². The Bertz CT molecular complexity index is 456. The molecule has 2 rings (SSSR count). The van der Waals surface area contributed by atoms with Crippen molar-refractivity contribution in [3.63, 3.8) is 0 Å². The summed E-state index contributed by atoms with van der Waals surface area (Å²) < 4.78 is 13.8. The molecule has 15 heavy (non-hydrogen) atoms. The molecule has 2 aromatic rings. The Labute approximate surface area is 106 Å². The molecule has 0 N–H and O–H groups in total. The third kappa shape index (κ3) is 2.95. The van der Waals surface area contributed by atoms with Gasteiger partial charge >= 0.3 is 0 Å². The first-order valence-electron chi connectivity index (χ1n) is 4.43. The summed E-state index contributed by atoms with van der Waals surface area (Å²) in [6.07, 6.45) is 0. The van der Waals surface area contributed by atoms with Crippen LogP contribution in [0.15, 0.2) is 58.3 Å². The van der Waals surface area contributed by atoms with Gasteiger partial charge in [0.05, 0.1) is 0 Å². The number of benzene rings is 2. The molecule has 0 amide bonds. The molecule has 0 bridgehead atoms. The highest BCUT2D eigenvalue weighted by molar-refractivity contribution is 14.1. The lowest BCUT2D eigenvalue weighted by molar-refractivity contribution is 0.625. The predicted molar refractivity (Wildman–Crippen MR) is 69.7 cm³/mol. The second kappa shape index (κ2) is 4.99. The lowest BCUT2D eigenvalue weighted by Crippen LogP contribution is -1.81. The minimum Gasteiger partial charge on any atom is -0.207 e. The van der Waals surface area contributed by atoms with Crippen molar-refractivity contribution in [2.45, 2.75) is 9.79 Å². The van der Waals surface area contributed by atoms with E-state index in [0.717, 1.165) is 8.47 Å². The molecular formula is C12H8FIS. The number of halogens is 2. The topological polar surface area (TPSA) is 0 Å². The second-order valence-electron chi connectivity index (χ2n) is 2.99. The van der Waals surface area contributed by atoms with Gasteiger partial charge < -0.3 is 0 Å². The molecule has 2 aromatic carbocycles. The number of hydrogen-bond donors (Lipinski definition) is 0. The standard InChI is InChI=1S/C12H8FIS/c13-9-6-7-12(11(14)8-9)15-10-4-2-1-3-5-10/h1-8H. The summed E-state index contributed by atoms with van der Waals surface area (Å²) in [5.74, 6) is -0.184. The molecule has 0 unspecified atom stereocenters. The molecule has 0 saturated carbocycles. The molecule has 0 aliphatic carbocycles. The van der Waals surface area contributed by atoms with E-state index < -0.39 is 0 Å². The fourth-order valence-corrected chi connectivity index (χ4v) is 2.82. The molecule has 76 valence electrons. The second-order valence-corrected chi connectivity index (χ2v) is 5.27. The van der Waals surface area contributed by atoms with Crippen LogP contribution >= 0.6 is 34.4 Å². The number of rotatable bonds is 2. The fourth-order valence-electron chi connectivity index (χ4n) is 1.17. The van der Waals surface area contributed by atoms with Gasteiger partial charge in [0, 0.05) is 13.4 Å². The van der Waals surface area contributed by atoms with E-state index in [1.165, 1.54) is 11.0 Å². The van der Waals surface area contributed by atoms with Gasteiger partial charge in [0.2, 0.25) is 0 Å². The Hall–Kier alpha value is -0.550. The summed E-state index contributed by atoms with van der Waals surface area (Å²) in [6.45, 7) is 0. The minimum atomic E-state index is -0.184. The third-order valence-corrected chi connectivity index (χ3v) is 4.21. The van der Waals surface area contributed by atoms with Crippen LogP contribution in [0, 0.1) is 9.39 Å². The van der Waals surface area contributed by atoms with E-state index in [1.807, 2.05) is 36.4 Å². The molecule has 0 aliphatic heterocycles. The molecule has 0 fully saturated rings. The zero-order valence-corrected chi connectivity index (χ0v) is 10.8. The average molecular weight is 330 g/mol. The Morgan fingerprint density at radius 1 is 1.00 bits per heavy atom. The first kappa shape index (κ1) is 11.0. The maximum atomic E-state index is 12.9. The highest BCUT2D eigenvalue weighted by Crippen LogP contribution is 2.31. The third-order valence-electron chi connectivity index (χ3n) is 1.86. The maximum Gasteiger partial charge on any atom is 0.124 e. The van der Waals surface area contributed by atoms with Gasteiger partial charge in [0.1, 0.15) is 5.82 Å². The molecule has 0 aliphatic rings. The van der Waals surface area contributed by atoms with Crippen molar-refractivity contribution in [3.8, 4) is 0 Å². The normalized spacial score (nSPS) is 10.3. The van der Waals surface area contributed by atoms with Gasteiger partial charge in [-0.15, -0.1) is 0 Å². The van der Waals surface area contributed by atoms with Crippen molar-refractivity contribution in [2.75, 3.05) is 0 Å². The first-order valence-corrected chi connectivity index (χ1v) is 6.33. The quantitative estimate of drug-likeness (QED) is 0.726. The van der Waals surface area contributed by atoms with Crippen LogP contribution in [0.3, 0.4) is 0 Å². The number of hydrogen-bond acceptors (Lipinski definition) is 1. The molecule has 0 radical (unpaired) electrons. The van der Waals surface area contributed by atoms with Gasteiger partial charge in [0.15, 0.2) is 0 Å². The van der Waals surface area contributed by atoms with Crippen LogP contribution < -0.4 is 0 Å². The van der Waals surface area contributed by atoms with Gasteiger partial charge in [-0.2, -0.15) is 0 Å². The van der Waals surface area contributed by atoms with Crippen LogP contribution in [0.2, 0.25) is 0 Å². The highest BCUT2D eigenvalue weighted by Gasteiger charge is 2.02. The molecule has 3 heteroatoms. The van der Waals surface area contributed by atoms with Crippen molar-refractivity contribution in [3.05, 3.63) is 57.9 Å². The van der Waals surface area contributed by atoms with E-state index in [0.29, 0.717) is 0 Å². The Balaban J connectivity index is 2.25. The van der Waals surface area contributed by atoms with Gasteiger partial charge in [-0.05, 0) is 52.9 Å². The molecule has 0 heterocycles. The van der Waals surface area contributed by atoms with Gasteiger partial charge in [-0.3, -0.25) is 0 Å². The lowest BCUT2D eigenvalue weighted by atomic mass is 10.3. The van der Waals surface area contributed by atoms with E-state index in [2.05, 4.69) is 22.6 Å². The molecule has 0 nitrogen and oxygen atoms in total. The summed E-state index contributed by atoms with van der Waals surface area (Å²) in [5, 5.41) is 0. The van der Waals surface area contributed by atoms with Crippen molar-refractivity contribution in [2.24, 2.45) is 0 Å². The summed E-state index contributed by atoms with van der Waals surface area (Å²) in [6, 6.07) is 14.9. The smallest absolute Gasteiger partial charge is 0.124 e. The van der Waals surface area contributed by atoms with Crippen LogP contribution in [0.1, 0.15) is 0 Å². The summed E-state index contributed by atoms with van der Waals surface area (Å²) in [5.41, 5.74) is 0. The van der Waals surface area contributed by atoms with Crippen LogP contribution in [0.4, 0.5) is 4.39 Å². The van der Waals surface area contributed by atoms with Crippen LogP contribution in [0.5, 0.6) is 0 Å². The van der Waals surface area contributed by atoms with E-state index in [1.54, 1.807) is 17.8 Å². The highest BCUT2D eigenvalue weighted by atomic mass is 127. The van der Waals surface area contributed by atoms with Crippen molar-refractivity contribution < 1.29 is 4.39 Å². The minimum absolute atomic E-state index is 0.184. The Kier molecular flexibility index (Phi) is 3.64. The molecular weight excluding hydrogens is 322 g/mol. The lowest BCUT2D eigenvalue weighted by Gasteiger charge is -2.03. The van der Waals surface area contributed by atoms with E-state index in [4.69, 9.17) is 0 Å². The summed E-state index contributed by atoms with van der Waals surface area (Å²) >= 11 is 3.80. The summed E-state index contributed by atoms with van der Waals surface area (Å²) in [7, 11) is 0. The van der Waals surface area contributed by atoms with E-state index in [-0.39, 0.29) is 5.82 Å². The van der Waals surface area contributed by atoms with Gasteiger partial charge in [-0.1, -0.05) is 30.0 Å². The van der Waals surface area contributed by atoms with E-state index >= 15 is 0 Å². The zero-order valence-electron chi connectivity index (χ0n) is 7.78. The SMILES string of the molecule is Fc1ccc(Sc2ccccc2)c(I)c1. The van der Waals surface area contributed by atoms with Gasteiger partial charge in [-0.25, -0.2) is 4.39 Å².